The number of piperidine rings is 1. The van der Waals surface area contributed by atoms with E-state index < -0.39 is 40.6 Å². The van der Waals surface area contributed by atoms with Crippen molar-refractivity contribution >= 4 is 0 Å². The van der Waals surface area contributed by atoms with E-state index in [1.807, 2.05) is 0 Å². The lowest BCUT2D eigenvalue weighted by Gasteiger charge is -2.30. The number of nitroso groups, excluding NO2 is 1. The summed E-state index contributed by atoms with van der Waals surface area (Å²) in [7, 11) is 0. The smallest absolute Gasteiger partial charge is 0.200 e. The molecular formula is C12H11F5N2O. The van der Waals surface area contributed by atoms with Gasteiger partial charge >= 0.3 is 0 Å². The second kappa shape index (κ2) is 5.82. The quantitative estimate of drug-likeness (QED) is 0.371. The molecule has 1 saturated heterocycles. The summed E-state index contributed by atoms with van der Waals surface area (Å²) in [5.74, 6) is -10.3. The van der Waals surface area contributed by atoms with Crippen molar-refractivity contribution in [3.05, 3.63) is 39.6 Å². The lowest BCUT2D eigenvalue weighted by atomic mass is 9.88. The highest BCUT2D eigenvalue weighted by Gasteiger charge is 2.32. The first-order valence-corrected chi connectivity index (χ1v) is 6.00. The van der Waals surface area contributed by atoms with Gasteiger partial charge in [0.2, 0.25) is 5.82 Å². The Bertz CT molecular complexity index is 500. The van der Waals surface area contributed by atoms with Crippen molar-refractivity contribution in [1.82, 2.24) is 4.90 Å². The van der Waals surface area contributed by atoms with Crippen molar-refractivity contribution in [1.29, 1.82) is 0 Å². The van der Waals surface area contributed by atoms with Crippen molar-refractivity contribution in [2.24, 2.45) is 5.18 Å². The minimum atomic E-state index is -2.15. The number of hydrogen-bond donors (Lipinski definition) is 0. The van der Waals surface area contributed by atoms with Crippen LogP contribution in [0.2, 0.25) is 0 Å². The number of likely N-dealkylation sites (tertiary alicyclic amines) is 1. The summed E-state index contributed by atoms with van der Waals surface area (Å²) in [5.41, 5.74) is -0.764. The number of nitrogens with zero attached hydrogens (tertiary/aromatic N) is 2. The van der Waals surface area contributed by atoms with Gasteiger partial charge in [-0.3, -0.25) is 4.90 Å². The van der Waals surface area contributed by atoms with Crippen molar-refractivity contribution in [3.63, 3.8) is 0 Å². The molecule has 1 aromatic rings. The topological polar surface area (TPSA) is 32.7 Å². The van der Waals surface area contributed by atoms with Gasteiger partial charge in [-0.25, -0.2) is 22.0 Å². The summed E-state index contributed by atoms with van der Waals surface area (Å²) in [5, 5.41) is 2.69. The zero-order valence-corrected chi connectivity index (χ0v) is 10.3. The van der Waals surface area contributed by atoms with Crippen LogP contribution in [-0.4, -0.2) is 24.7 Å². The van der Waals surface area contributed by atoms with Gasteiger partial charge in [0, 0.05) is 18.7 Å². The molecule has 0 saturated carbocycles. The normalized spacial score (nSPS) is 17.4. The number of rotatable bonds is 3. The molecule has 2 rings (SSSR count). The molecule has 3 nitrogen and oxygen atoms in total. The van der Waals surface area contributed by atoms with Crippen LogP contribution < -0.4 is 0 Å². The molecule has 8 heteroatoms. The summed E-state index contributed by atoms with van der Waals surface area (Å²) < 4.78 is 66.5. The second-order valence-corrected chi connectivity index (χ2v) is 4.65. The summed E-state index contributed by atoms with van der Waals surface area (Å²) in [6.45, 7) is 0.579. The maximum Gasteiger partial charge on any atom is 0.200 e. The van der Waals surface area contributed by atoms with Gasteiger partial charge in [-0.05, 0) is 18.8 Å². The lowest BCUT2D eigenvalue weighted by molar-refractivity contribution is 0.212. The van der Waals surface area contributed by atoms with Gasteiger partial charge < -0.3 is 0 Å². The number of halogens is 5. The van der Waals surface area contributed by atoms with Crippen LogP contribution in [0.4, 0.5) is 22.0 Å². The van der Waals surface area contributed by atoms with E-state index in [2.05, 4.69) is 5.18 Å². The van der Waals surface area contributed by atoms with Crippen LogP contribution in [0.3, 0.4) is 0 Å². The van der Waals surface area contributed by atoms with Gasteiger partial charge in [0.25, 0.3) is 0 Å². The molecule has 0 radical (unpaired) electrons. The van der Waals surface area contributed by atoms with Gasteiger partial charge in [-0.2, -0.15) is 0 Å². The minimum absolute atomic E-state index is 0.0518. The molecule has 110 valence electrons. The second-order valence-electron chi connectivity index (χ2n) is 4.65. The predicted octanol–water partition coefficient (Wildman–Crippen LogP) is 3.29. The largest absolute Gasteiger partial charge is 0.281 e. The summed E-state index contributed by atoms with van der Waals surface area (Å²) in [6.07, 6.45) is 0.405. The highest BCUT2D eigenvalue weighted by molar-refractivity contribution is 5.28. The van der Waals surface area contributed by atoms with E-state index in [1.165, 1.54) is 0 Å². The van der Waals surface area contributed by atoms with Crippen LogP contribution in [0.1, 0.15) is 24.3 Å². The monoisotopic (exact) mass is 294 g/mol. The Morgan fingerprint density at radius 2 is 1.35 bits per heavy atom. The lowest BCUT2D eigenvalue weighted by Crippen LogP contribution is -2.33. The molecule has 0 amide bonds. The Kier molecular flexibility index (Phi) is 4.32. The van der Waals surface area contributed by atoms with Gasteiger partial charge in [-0.15, -0.1) is 4.91 Å². The third kappa shape index (κ3) is 2.52. The predicted molar refractivity (Wildman–Crippen MR) is 60.4 cm³/mol. The van der Waals surface area contributed by atoms with E-state index in [-0.39, 0.29) is 19.5 Å². The maximum absolute atomic E-state index is 13.6. The molecule has 20 heavy (non-hydrogen) atoms. The minimum Gasteiger partial charge on any atom is -0.281 e. The van der Waals surface area contributed by atoms with E-state index in [1.54, 1.807) is 4.90 Å². The highest BCUT2D eigenvalue weighted by Crippen LogP contribution is 2.34. The molecule has 1 aliphatic heterocycles. The van der Waals surface area contributed by atoms with Crippen LogP contribution in [0.5, 0.6) is 0 Å². The number of hydrogen-bond acceptors (Lipinski definition) is 3. The third-order valence-electron chi connectivity index (χ3n) is 3.50. The molecule has 1 fully saturated rings. The molecule has 0 aromatic heterocycles. The Balaban J connectivity index is 2.29. The molecule has 0 aliphatic carbocycles. The first kappa shape index (κ1) is 14.8. The average Bonchev–Trinajstić information content (AvgIpc) is 2.45. The Morgan fingerprint density at radius 3 is 1.80 bits per heavy atom. The van der Waals surface area contributed by atoms with Crippen LogP contribution in [0.15, 0.2) is 5.18 Å². The Labute approximate surface area is 111 Å². The van der Waals surface area contributed by atoms with Crippen molar-refractivity contribution in [2.75, 3.05) is 19.8 Å². The first-order valence-electron chi connectivity index (χ1n) is 6.00. The molecule has 0 N–H and O–H groups in total. The number of benzene rings is 1. The Morgan fingerprint density at radius 1 is 0.900 bits per heavy atom. The highest BCUT2D eigenvalue weighted by atomic mass is 19.2. The van der Waals surface area contributed by atoms with Crippen LogP contribution in [-0.2, 0) is 0 Å². The van der Waals surface area contributed by atoms with Crippen LogP contribution >= 0.6 is 0 Å². The maximum atomic E-state index is 13.6. The molecule has 0 unspecified atom stereocenters. The van der Waals surface area contributed by atoms with Gasteiger partial charge in [-0.1, -0.05) is 5.18 Å². The molecule has 0 bridgehead atoms. The molecule has 1 heterocycles. The Hall–Kier alpha value is -1.57. The van der Waals surface area contributed by atoms with Crippen LogP contribution in [0.25, 0.3) is 0 Å². The third-order valence-corrected chi connectivity index (χ3v) is 3.50. The van der Waals surface area contributed by atoms with Gasteiger partial charge in [0.1, 0.15) is 6.67 Å². The fourth-order valence-electron chi connectivity index (χ4n) is 2.43. The van der Waals surface area contributed by atoms with E-state index in [4.69, 9.17) is 0 Å². The molecule has 0 spiro atoms. The SMILES string of the molecule is O=NCN1CCC(c2c(F)c(F)c(F)c(F)c2F)CC1. The van der Waals surface area contributed by atoms with Gasteiger partial charge in [0.05, 0.1) is 0 Å². The van der Waals surface area contributed by atoms with Gasteiger partial charge in [0.15, 0.2) is 23.3 Å². The van der Waals surface area contributed by atoms with E-state index >= 15 is 0 Å². The van der Waals surface area contributed by atoms with Crippen LogP contribution in [0, 0.1) is 34.0 Å². The first-order chi connectivity index (χ1) is 9.47. The van der Waals surface area contributed by atoms with E-state index in [0.717, 1.165) is 0 Å². The average molecular weight is 294 g/mol. The fraction of sp³-hybridized carbons (Fsp3) is 0.500. The fourth-order valence-corrected chi connectivity index (χ4v) is 2.43. The zero-order valence-electron chi connectivity index (χ0n) is 10.3. The summed E-state index contributed by atoms with van der Waals surface area (Å²) in [4.78, 5) is 11.8. The van der Waals surface area contributed by atoms with Crippen molar-refractivity contribution in [3.8, 4) is 0 Å². The van der Waals surface area contributed by atoms with Crippen molar-refractivity contribution in [2.45, 2.75) is 18.8 Å². The molecule has 1 aliphatic rings. The molecule has 0 atom stereocenters. The molecule has 1 aromatic carbocycles. The van der Waals surface area contributed by atoms with E-state index in [0.29, 0.717) is 13.1 Å². The summed E-state index contributed by atoms with van der Waals surface area (Å²) in [6, 6.07) is 0. The standard InChI is InChI=1S/C12H11F5N2O/c13-8-7(9(14)11(16)12(17)10(8)15)6-1-3-19(4-2-6)5-18-20/h6H,1-5H2. The van der Waals surface area contributed by atoms with E-state index in [9.17, 15) is 26.9 Å². The molecular weight excluding hydrogens is 283 g/mol. The summed E-state index contributed by atoms with van der Waals surface area (Å²) >= 11 is 0. The zero-order chi connectivity index (χ0) is 14.9. The van der Waals surface area contributed by atoms with Crippen molar-refractivity contribution < 1.29 is 22.0 Å².